The molecule has 0 aromatic heterocycles. The number of nitrogens with zero attached hydrogens (tertiary/aromatic N) is 2. The van der Waals surface area contributed by atoms with Gasteiger partial charge in [-0.05, 0) is 22.9 Å². The number of rotatable bonds is 4. The fourth-order valence-electron chi connectivity index (χ4n) is 2.93. The van der Waals surface area contributed by atoms with Crippen LogP contribution in [0.2, 0.25) is 0 Å². The molecule has 0 saturated carbocycles. The molecular weight excluding hydrogens is 378 g/mol. The van der Waals surface area contributed by atoms with Crippen LogP contribution >= 0.6 is 0 Å². The third kappa shape index (κ3) is 3.79. The first-order valence-corrected chi connectivity index (χ1v) is 8.62. The van der Waals surface area contributed by atoms with Crippen molar-refractivity contribution in [3.8, 4) is 17.2 Å². The van der Waals surface area contributed by atoms with Gasteiger partial charge in [0.2, 0.25) is 6.10 Å². The molecule has 1 aliphatic rings. The lowest BCUT2D eigenvalue weighted by molar-refractivity contribution is -0.385. The predicted octanol–water partition coefficient (Wildman–Crippen LogP) is 2.11. The van der Waals surface area contributed by atoms with Gasteiger partial charge in [0.1, 0.15) is 6.61 Å². The lowest BCUT2D eigenvalue weighted by atomic mass is 10.1. The van der Waals surface area contributed by atoms with Crippen LogP contribution in [0.15, 0.2) is 59.7 Å². The fraction of sp³-hybridized carbons (Fsp3) is 0.100. The van der Waals surface area contributed by atoms with Crippen LogP contribution in [0.5, 0.6) is 17.2 Å². The van der Waals surface area contributed by atoms with Crippen LogP contribution in [-0.2, 0) is 4.79 Å². The van der Waals surface area contributed by atoms with Crippen molar-refractivity contribution >= 4 is 28.6 Å². The van der Waals surface area contributed by atoms with Gasteiger partial charge in [0.15, 0.2) is 11.5 Å². The van der Waals surface area contributed by atoms with E-state index in [0.29, 0.717) is 11.5 Å². The second-order valence-electron chi connectivity index (χ2n) is 6.28. The number of amides is 1. The second kappa shape index (κ2) is 7.47. The summed E-state index contributed by atoms with van der Waals surface area (Å²) in [6.07, 6.45) is 0.101. The van der Waals surface area contributed by atoms with Gasteiger partial charge in [-0.3, -0.25) is 14.9 Å². The Kier molecular flexibility index (Phi) is 4.70. The molecule has 3 aromatic carbocycles. The Morgan fingerprint density at radius 3 is 2.59 bits per heavy atom. The summed E-state index contributed by atoms with van der Waals surface area (Å²) >= 11 is 0. The molecule has 1 atom stereocenters. The molecule has 0 spiro atoms. The van der Waals surface area contributed by atoms with E-state index in [9.17, 15) is 20.0 Å². The average molecular weight is 392 g/mol. The number of hydrogen-bond donors (Lipinski definition) is 1. The van der Waals surface area contributed by atoms with Crippen LogP contribution in [0.4, 0.5) is 5.69 Å². The molecule has 9 heteroatoms. The molecule has 0 aliphatic carbocycles. The molecular formula is C20H14N3O6-. The van der Waals surface area contributed by atoms with Crippen molar-refractivity contribution in [3.63, 3.8) is 0 Å². The molecule has 1 amide bonds. The number of benzene rings is 3. The van der Waals surface area contributed by atoms with Crippen molar-refractivity contribution in [1.82, 2.24) is 5.43 Å². The minimum absolute atomic E-state index is 0.0110. The highest BCUT2D eigenvalue weighted by Crippen LogP contribution is 2.35. The summed E-state index contributed by atoms with van der Waals surface area (Å²) in [4.78, 5) is 22.7. The number of nitrogens with one attached hydrogen (secondary N) is 1. The molecule has 9 nitrogen and oxygen atoms in total. The Morgan fingerprint density at radius 2 is 1.86 bits per heavy atom. The highest BCUT2D eigenvalue weighted by atomic mass is 16.6. The molecule has 3 aromatic rings. The van der Waals surface area contributed by atoms with E-state index in [1.807, 2.05) is 30.3 Å². The van der Waals surface area contributed by atoms with Crippen LogP contribution in [0.3, 0.4) is 0 Å². The predicted molar refractivity (Wildman–Crippen MR) is 102 cm³/mol. The van der Waals surface area contributed by atoms with Crippen LogP contribution < -0.4 is 20.0 Å². The van der Waals surface area contributed by atoms with Gasteiger partial charge in [0, 0.05) is 6.07 Å². The zero-order valence-electron chi connectivity index (χ0n) is 14.9. The van der Waals surface area contributed by atoms with Gasteiger partial charge in [-0.2, -0.15) is 5.10 Å². The second-order valence-corrected chi connectivity index (χ2v) is 6.28. The van der Waals surface area contributed by atoms with E-state index in [0.717, 1.165) is 35.2 Å². The van der Waals surface area contributed by atoms with Crippen LogP contribution in [0.25, 0.3) is 10.8 Å². The zero-order chi connectivity index (χ0) is 20.4. The maximum atomic E-state index is 12.3. The summed E-state index contributed by atoms with van der Waals surface area (Å²) in [6.45, 7) is -0.0110. The van der Waals surface area contributed by atoms with Crippen LogP contribution in [0, 0.1) is 10.1 Å². The van der Waals surface area contributed by atoms with E-state index >= 15 is 0 Å². The summed E-state index contributed by atoms with van der Waals surface area (Å²) in [7, 11) is 0. The van der Waals surface area contributed by atoms with Gasteiger partial charge in [-0.1, -0.05) is 36.4 Å². The standard InChI is InChI=1S/C20H15N3O6/c24-15-5-6-16(23(26)27)14(7-15)10-21-22-20(25)19-11-28-17-8-12-3-1-2-4-13(12)9-18(17)29-19/h1-10,19,24H,11H2,(H,22,25)/p-1/b21-10+/t19-/m0/s1. The number of ether oxygens (including phenoxy) is 2. The number of hydrogen-bond acceptors (Lipinski definition) is 7. The highest BCUT2D eigenvalue weighted by molar-refractivity contribution is 5.89. The third-order valence-corrected chi connectivity index (χ3v) is 4.34. The summed E-state index contributed by atoms with van der Waals surface area (Å²) in [5, 5.41) is 28.1. The van der Waals surface area contributed by atoms with Gasteiger partial charge in [0.25, 0.3) is 11.6 Å². The SMILES string of the molecule is O=C(N/N=C/c1cc([O-])ccc1[N+](=O)[O-])[C@@H]1COc2cc3ccccc3cc2O1. The van der Waals surface area contributed by atoms with Crippen molar-refractivity contribution in [2.45, 2.75) is 6.10 Å². The Balaban J connectivity index is 1.46. The van der Waals surface area contributed by atoms with E-state index in [1.54, 1.807) is 6.07 Å². The topological polar surface area (TPSA) is 126 Å². The smallest absolute Gasteiger partial charge is 0.284 e. The first-order chi connectivity index (χ1) is 14.0. The molecule has 1 N–H and O–H groups in total. The molecule has 0 saturated heterocycles. The summed E-state index contributed by atoms with van der Waals surface area (Å²) in [5.74, 6) is -0.00914. The monoisotopic (exact) mass is 392 g/mol. The van der Waals surface area contributed by atoms with Crippen LogP contribution in [-0.4, -0.2) is 29.8 Å². The quantitative estimate of drug-likeness (QED) is 0.412. The maximum absolute atomic E-state index is 12.3. The Labute approximate surface area is 164 Å². The van der Waals surface area contributed by atoms with Gasteiger partial charge in [-0.25, -0.2) is 5.43 Å². The lowest BCUT2D eigenvalue weighted by Gasteiger charge is -2.25. The molecule has 0 unspecified atom stereocenters. The molecule has 1 heterocycles. The molecule has 0 fully saturated rings. The van der Waals surface area contributed by atoms with Gasteiger partial charge in [0.05, 0.1) is 16.7 Å². The Bertz CT molecular complexity index is 1140. The van der Waals surface area contributed by atoms with Crippen LogP contribution in [0.1, 0.15) is 5.56 Å². The average Bonchev–Trinajstić information content (AvgIpc) is 2.71. The molecule has 1 aliphatic heterocycles. The first kappa shape index (κ1) is 18.2. The number of hydrazone groups is 1. The summed E-state index contributed by atoms with van der Waals surface area (Å²) in [5.41, 5.74) is 1.95. The molecule has 29 heavy (non-hydrogen) atoms. The zero-order valence-corrected chi connectivity index (χ0v) is 14.9. The van der Waals surface area contributed by atoms with E-state index in [4.69, 9.17) is 9.47 Å². The van der Waals surface area contributed by atoms with Crippen molar-refractivity contribution in [2.75, 3.05) is 6.61 Å². The number of nitro groups is 1. The van der Waals surface area contributed by atoms with E-state index in [2.05, 4.69) is 10.5 Å². The third-order valence-electron chi connectivity index (χ3n) is 4.34. The lowest BCUT2D eigenvalue weighted by Crippen LogP contribution is -2.42. The van der Waals surface area contributed by atoms with Gasteiger partial charge < -0.3 is 14.6 Å². The summed E-state index contributed by atoms with van der Waals surface area (Å²) < 4.78 is 11.3. The number of nitro benzene ring substituents is 1. The number of carbonyl (C=O) groups excluding carboxylic acids is 1. The Morgan fingerprint density at radius 1 is 1.14 bits per heavy atom. The molecule has 0 bridgehead atoms. The Hall–Kier alpha value is -4.14. The molecule has 146 valence electrons. The first-order valence-electron chi connectivity index (χ1n) is 8.62. The summed E-state index contributed by atoms with van der Waals surface area (Å²) in [6, 6.07) is 14.5. The van der Waals surface area contributed by atoms with E-state index < -0.39 is 22.7 Å². The highest BCUT2D eigenvalue weighted by Gasteiger charge is 2.27. The molecule has 0 radical (unpaired) electrons. The normalized spacial score (nSPS) is 15.4. The van der Waals surface area contributed by atoms with Gasteiger partial charge in [-0.15, -0.1) is 5.75 Å². The van der Waals surface area contributed by atoms with E-state index in [-0.39, 0.29) is 17.9 Å². The van der Waals surface area contributed by atoms with Crippen molar-refractivity contribution in [2.24, 2.45) is 5.10 Å². The van der Waals surface area contributed by atoms with E-state index in [1.165, 1.54) is 0 Å². The van der Waals surface area contributed by atoms with Crippen molar-refractivity contribution in [3.05, 3.63) is 70.3 Å². The maximum Gasteiger partial charge on any atom is 0.284 e. The van der Waals surface area contributed by atoms with Gasteiger partial charge >= 0.3 is 0 Å². The molecule has 4 rings (SSSR count). The minimum atomic E-state index is -0.943. The number of fused-ring (bicyclic) bond motifs is 2. The number of carbonyl (C=O) groups is 1. The van der Waals surface area contributed by atoms with Crippen molar-refractivity contribution < 1.29 is 24.3 Å². The minimum Gasteiger partial charge on any atom is -0.872 e. The van der Waals surface area contributed by atoms with Crippen molar-refractivity contribution in [1.29, 1.82) is 0 Å². The largest absolute Gasteiger partial charge is 0.872 e. The fourth-order valence-corrected chi connectivity index (χ4v) is 2.93.